The highest BCUT2D eigenvalue weighted by Crippen LogP contribution is 2.49. The van der Waals surface area contributed by atoms with Crippen molar-refractivity contribution >= 4 is 49.7 Å². The van der Waals surface area contributed by atoms with Crippen molar-refractivity contribution in [2.75, 3.05) is 19.7 Å². The summed E-state index contributed by atoms with van der Waals surface area (Å²) >= 11 is 1.43. The molecule has 3 heterocycles. The predicted molar refractivity (Wildman–Crippen MR) is 249 cm³/mol. The number of thiazole rings is 1. The molecule has 0 spiro atoms. The molecule has 348 valence electrons. The van der Waals surface area contributed by atoms with E-state index in [2.05, 4.69) is 66.5 Å². The minimum Gasteiger partial charge on any atom is -0.458 e. The predicted octanol–water partition coefficient (Wildman–Crippen LogP) is 11.7. The van der Waals surface area contributed by atoms with Crippen molar-refractivity contribution in [3.63, 3.8) is 0 Å². The summed E-state index contributed by atoms with van der Waals surface area (Å²) in [7, 11) is -1.95. The van der Waals surface area contributed by atoms with Crippen LogP contribution < -0.4 is 0 Å². The zero-order chi connectivity index (χ0) is 46.7. The minimum absolute atomic E-state index is 0.0302. The Morgan fingerprint density at radius 2 is 1.56 bits per heavy atom. The van der Waals surface area contributed by atoms with Crippen LogP contribution in [0.15, 0.2) is 11.0 Å². The standard InChI is InChI=1S/C48H83N3O8SSi/c1-31-21-20-23-48(17)38(51(48)25-26-56-61(18,19)46(12,13)14)29-37(57-40(52)28-33(3)47(15,16)41(53)35(5)34(31)4)32(2)27-36-30-60-39(49-36)22-24-50(42(54)58-44(6,7)8)43(55)59-45(9,10)11/h27,30-31,33-35,37-38H,20-26,28-29H2,1-19H3/b32-27+/t31-,33-,34-,35+,37-,38-,48+,51?/m0/s1. The van der Waals surface area contributed by atoms with Crippen LogP contribution in [0.25, 0.3) is 6.08 Å². The third-order valence-corrected chi connectivity index (χ3v) is 19.5. The van der Waals surface area contributed by atoms with Crippen LogP contribution in [0.1, 0.15) is 161 Å². The van der Waals surface area contributed by atoms with E-state index in [4.69, 9.17) is 23.6 Å². The summed E-state index contributed by atoms with van der Waals surface area (Å²) in [5.41, 5.74) is -0.785. The van der Waals surface area contributed by atoms with Gasteiger partial charge in [-0.05, 0) is 109 Å². The highest BCUT2D eigenvalue weighted by atomic mass is 32.1. The molecule has 1 aromatic heterocycles. The quantitative estimate of drug-likeness (QED) is 0.102. The van der Waals surface area contributed by atoms with Crippen molar-refractivity contribution in [3.8, 4) is 0 Å². The lowest BCUT2D eigenvalue weighted by Crippen LogP contribution is -2.44. The van der Waals surface area contributed by atoms with Crippen LogP contribution in [-0.4, -0.2) is 95.6 Å². The van der Waals surface area contributed by atoms with Crippen molar-refractivity contribution in [1.82, 2.24) is 14.8 Å². The number of imide groups is 1. The smallest absolute Gasteiger partial charge is 0.419 e. The molecule has 61 heavy (non-hydrogen) atoms. The van der Waals surface area contributed by atoms with E-state index in [1.54, 1.807) is 41.5 Å². The summed E-state index contributed by atoms with van der Waals surface area (Å²) in [6, 6.07) is 0.185. The van der Waals surface area contributed by atoms with Gasteiger partial charge in [0.05, 0.1) is 10.7 Å². The van der Waals surface area contributed by atoms with Gasteiger partial charge in [-0.2, -0.15) is 0 Å². The number of Topliss-reactive ketones (excluding diaryl/α,β-unsaturated/α-hetero) is 1. The van der Waals surface area contributed by atoms with Crippen LogP contribution in [0.5, 0.6) is 0 Å². The molecule has 2 aliphatic rings. The number of ether oxygens (including phenoxy) is 3. The minimum atomic E-state index is -1.95. The van der Waals surface area contributed by atoms with Gasteiger partial charge in [-0.15, -0.1) is 11.3 Å². The van der Waals surface area contributed by atoms with E-state index in [-0.39, 0.29) is 59.1 Å². The first-order valence-electron chi connectivity index (χ1n) is 22.7. The van der Waals surface area contributed by atoms with Crippen molar-refractivity contribution in [3.05, 3.63) is 21.7 Å². The van der Waals surface area contributed by atoms with Crippen LogP contribution in [0, 0.1) is 29.1 Å². The van der Waals surface area contributed by atoms with E-state index in [9.17, 15) is 19.2 Å². The van der Waals surface area contributed by atoms with Gasteiger partial charge in [-0.3, -0.25) is 14.5 Å². The first-order valence-corrected chi connectivity index (χ1v) is 26.5. The number of hydrogen-bond acceptors (Lipinski definition) is 11. The van der Waals surface area contributed by atoms with Gasteiger partial charge in [0.25, 0.3) is 0 Å². The van der Waals surface area contributed by atoms with Gasteiger partial charge in [-0.1, -0.05) is 75.2 Å². The van der Waals surface area contributed by atoms with Crippen molar-refractivity contribution in [2.24, 2.45) is 29.1 Å². The topological polar surface area (TPSA) is 124 Å². The van der Waals surface area contributed by atoms with Crippen LogP contribution >= 0.6 is 11.3 Å². The molecule has 0 saturated carbocycles. The molecule has 0 radical (unpaired) electrons. The Morgan fingerprint density at radius 1 is 0.984 bits per heavy atom. The summed E-state index contributed by atoms with van der Waals surface area (Å²) < 4.78 is 24.2. The molecule has 1 aromatic rings. The molecular weight excluding hydrogens is 807 g/mol. The zero-order valence-corrected chi connectivity index (χ0v) is 43.3. The normalized spacial score (nSPS) is 28.7. The van der Waals surface area contributed by atoms with Crippen molar-refractivity contribution < 1.29 is 37.8 Å². The van der Waals surface area contributed by atoms with Gasteiger partial charge in [0.1, 0.15) is 23.1 Å². The number of carbonyl (C=O) groups excluding carboxylic acids is 4. The number of ketones is 1. The van der Waals surface area contributed by atoms with E-state index >= 15 is 0 Å². The highest BCUT2D eigenvalue weighted by Gasteiger charge is 2.58. The summed E-state index contributed by atoms with van der Waals surface area (Å²) in [4.78, 5) is 62.6. The highest BCUT2D eigenvalue weighted by molar-refractivity contribution is 7.09. The fraction of sp³-hybridized carbons (Fsp3) is 0.812. The average Bonchev–Trinajstić information content (AvgIpc) is 3.38. The third-order valence-electron chi connectivity index (χ3n) is 14.0. The average molecular weight is 890 g/mol. The Kier molecular flexibility index (Phi) is 17.3. The van der Waals surface area contributed by atoms with Gasteiger partial charge in [0.15, 0.2) is 8.32 Å². The van der Waals surface area contributed by atoms with Crippen molar-refractivity contribution in [2.45, 2.75) is 203 Å². The Hall–Kier alpha value is -2.61. The largest absolute Gasteiger partial charge is 0.458 e. The second kappa shape index (κ2) is 20.1. The number of carbonyl (C=O) groups is 4. The van der Waals surface area contributed by atoms with Gasteiger partial charge in [0, 0.05) is 67.3 Å². The second-order valence-corrected chi connectivity index (χ2v) is 28.3. The van der Waals surface area contributed by atoms with E-state index in [1.165, 1.54) is 11.3 Å². The van der Waals surface area contributed by atoms with Gasteiger partial charge in [0.2, 0.25) is 0 Å². The molecule has 0 N–H and O–H groups in total. The van der Waals surface area contributed by atoms with E-state index < -0.39 is 43.2 Å². The molecule has 2 aliphatic heterocycles. The molecule has 11 nitrogen and oxygen atoms in total. The van der Waals surface area contributed by atoms with Crippen LogP contribution in [0.4, 0.5) is 9.59 Å². The number of esters is 1. The molecule has 0 aromatic carbocycles. The number of cyclic esters (lactones) is 1. The first-order chi connectivity index (χ1) is 27.7. The first kappa shape index (κ1) is 52.7. The molecule has 2 saturated heterocycles. The van der Waals surface area contributed by atoms with Gasteiger partial charge >= 0.3 is 18.2 Å². The summed E-state index contributed by atoms with van der Waals surface area (Å²) in [6.45, 7) is 40.2. The maximum Gasteiger partial charge on any atom is 0.419 e. The number of fused-ring (bicyclic) bond motifs is 1. The second-order valence-electron chi connectivity index (χ2n) is 22.5. The SMILES string of the molecule is C/C(=C\c1csc(CCN(C(=O)OC(C)(C)C)C(=O)OC(C)(C)C)n1)[C@@H]1C[C@@H]2N(CCO[Si](C)(C)C(C)(C)C)[C@]2(C)CCC[C@H](C)[C@H](C)[C@@H](C)C(=O)C(C)(C)[C@@H](C)CC(=O)O1. The fourth-order valence-electron chi connectivity index (χ4n) is 8.08. The Morgan fingerprint density at radius 3 is 2.10 bits per heavy atom. The number of amides is 2. The van der Waals surface area contributed by atoms with Gasteiger partial charge in [-0.25, -0.2) is 19.5 Å². The summed E-state index contributed by atoms with van der Waals surface area (Å²) in [6.07, 6.45) is 4.07. The fourth-order valence-corrected chi connectivity index (χ4v) is 9.86. The molecule has 1 unspecified atom stereocenters. The number of rotatable bonds is 9. The van der Waals surface area contributed by atoms with E-state index in [0.29, 0.717) is 31.1 Å². The number of aromatic nitrogens is 1. The molecular formula is C48H83N3O8SSi. The molecule has 8 atom stereocenters. The summed E-state index contributed by atoms with van der Waals surface area (Å²) in [5, 5.41) is 2.78. The zero-order valence-electron chi connectivity index (χ0n) is 41.5. The third kappa shape index (κ3) is 14.4. The monoisotopic (exact) mass is 890 g/mol. The molecule has 13 heteroatoms. The Balaban J connectivity index is 1.95. The number of nitrogens with zero attached hydrogens (tertiary/aromatic N) is 3. The van der Waals surface area contributed by atoms with Crippen LogP contribution in [0.3, 0.4) is 0 Å². The lowest BCUT2D eigenvalue weighted by Gasteiger charge is -2.36. The lowest BCUT2D eigenvalue weighted by atomic mass is 9.67. The van der Waals surface area contributed by atoms with E-state index in [1.807, 2.05) is 39.2 Å². The molecule has 0 bridgehead atoms. The van der Waals surface area contributed by atoms with Gasteiger partial charge < -0.3 is 18.6 Å². The molecule has 0 aliphatic carbocycles. The Bertz CT molecular complexity index is 1690. The van der Waals surface area contributed by atoms with Crippen LogP contribution in [0.2, 0.25) is 18.1 Å². The molecule has 3 rings (SSSR count). The van der Waals surface area contributed by atoms with Crippen LogP contribution in [-0.2, 0) is 34.6 Å². The lowest BCUT2D eigenvalue weighted by molar-refractivity contribution is -0.150. The molecule has 2 amide bonds. The van der Waals surface area contributed by atoms with E-state index in [0.717, 1.165) is 41.3 Å². The Labute approximate surface area is 374 Å². The maximum absolute atomic E-state index is 14.0. The number of hydrogen-bond donors (Lipinski definition) is 0. The maximum atomic E-state index is 14.0. The van der Waals surface area contributed by atoms with Crippen molar-refractivity contribution in [1.29, 1.82) is 0 Å². The summed E-state index contributed by atoms with van der Waals surface area (Å²) in [5.74, 6) is 0.168. The molecule has 2 fully saturated rings.